The van der Waals surface area contributed by atoms with E-state index in [4.69, 9.17) is 11.6 Å². The van der Waals surface area contributed by atoms with E-state index in [1.165, 1.54) is 4.90 Å². The van der Waals surface area contributed by atoms with Crippen LogP contribution in [-0.4, -0.2) is 50.0 Å². The predicted molar refractivity (Wildman–Crippen MR) is 164 cm³/mol. The first-order chi connectivity index (χ1) is 19.7. The van der Waals surface area contributed by atoms with Crippen LogP contribution in [0.25, 0.3) is 0 Å². The van der Waals surface area contributed by atoms with Gasteiger partial charge in [0.2, 0.25) is 21.8 Å². The fourth-order valence-electron chi connectivity index (χ4n) is 5.24. The average Bonchev–Trinajstić information content (AvgIpc) is 3.47. The molecule has 0 bridgehead atoms. The van der Waals surface area contributed by atoms with Gasteiger partial charge in [-0.25, -0.2) is 8.42 Å². The number of carbonyl (C=O) groups excluding carboxylic acids is 2. The molecule has 0 saturated heterocycles. The zero-order chi connectivity index (χ0) is 29.4. The van der Waals surface area contributed by atoms with Gasteiger partial charge in [0.1, 0.15) is 12.6 Å². The summed E-state index contributed by atoms with van der Waals surface area (Å²) in [7, 11) is -3.81. The standard InChI is InChI=1S/C32H38ClN3O4S/c1-3-24-17-19-28(20-18-24)36(41(2,39)40)23-31(37)35(22-26-13-7-10-16-29(26)33)30(21-25-11-5-4-6-12-25)32(38)34-27-14-8-9-15-27/h4-7,10-13,16-20,27,30H,3,8-9,14-15,21-23H2,1-2H3,(H,34,38)/t30-/m1/s1. The molecule has 7 nitrogen and oxygen atoms in total. The SMILES string of the molecule is CCc1ccc(N(CC(=O)N(Cc2ccccc2Cl)[C@H](Cc2ccccc2)C(=O)NC2CCCC2)S(C)(=O)=O)cc1. The number of sulfonamides is 1. The number of rotatable bonds is 12. The normalized spacial score (nSPS) is 14.4. The Bertz CT molecular complexity index is 1420. The topological polar surface area (TPSA) is 86.8 Å². The minimum Gasteiger partial charge on any atom is -0.352 e. The first-order valence-corrected chi connectivity index (χ1v) is 16.3. The second-order valence-electron chi connectivity index (χ2n) is 10.6. The van der Waals surface area contributed by atoms with E-state index in [1.54, 1.807) is 24.3 Å². The summed E-state index contributed by atoms with van der Waals surface area (Å²) in [6.07, 6.45) is 6.07. The highest BCUT2D eigenvalue weighted by molar-refractivity contribution is 7.92. The van der Waals surface area contributed by atoms with Gasteiger partial charge in [-0.05, 0) is 54.2 Å². The maximum Gasteiger partial charge on any atom is 0.244 e. The number of anilines is 1. The van der Waals surface area contributed by atoms with E-state index in [-0.39, 0.29) is 24.9 Å². The highest BCUT2D eigenvalue weighted by atomic mass is 35.5. The van der Waals surface area contributed by atoms with Crippen molar-refractivity contribution in [2.75, 3.05) is 17.1 Å². The van der Waals surface area contributed by atoms with Gasteiger partial charge in [-0.1, -0.05) is 92.0 Å². The van der Waals surface area contributed by atoms with Gasteiger partial charge in [0.05, 0.1) is 11.9 Å². The molecule has 41 heavy (non-hydrogen) atoms. The van der Waals surface area contributed by atoms with E-state index >= 15 is 0 Å². The van der Waals surface area contributed by atoms with E-state index in [0.29, 0.717) is 16.3 Å². The van der Waals surface area contributed by atoms with Crippen molar-refractivity contribution in [3.63, 3.8) is 0 Å². The monoisotopic (exact) mass is 595 g/mol. The van der Waals surface area contributed by atoms with Crippen LogP contribution in [0.2, 0.25) is 5.02 Å². The van der Waals surface area contributed by atoms with E-state index in [1.807, 2.05) is 61.5 Å². The smallest absolute Gasteiger partial charge is 0.244 e. The molecule has 1 aliphatic rings. The Balaban J connectivity index is 1.72. The maximum absolute atomic E-state index is 14.2. The van der Waals surface area contributed by atoms with E-state index in [9.17, 15) is 18.0 Å². The second-order valence-corrected chi connectivity index (χ2v) is 12.9. The number of halogens is 1. The predicted octanol–water partition coefficient (Wildman–Crippen LogP) is 5.37. The lowest BCUT2D eigenvalue weighted by Crippen LogP contribution is -2.54. The molecular formula is C32H38ClN3O4S. The highest BCUT2D eigenvalue weighted by Gasteiger charge is 2.34. The minimum atomic E-state index is -3.81. The summed E-state index contributed by atoms with van der Waals surface area (Å²) in [4.78, 5) is 29.5. The third-order valence-corrected chi connectivity index (χ3v) is 9.09. The number of amides is 2. The summed E-state index contributed by atoms with van der Waals surface area (Å²) in [5, 5.41) is 3.63. The van der Waals surface area contributed by atoms with Gasteiger partial charge >= 0.3 is 0 Å². The van der Waals surface area contributed by atoms with Gasteiger partial charge in [-0.3, -0.25) is 13.9 Å². The fraction of sp³-hybridized carbons (Fsp3) is 0.375. The van der Waals surface area contributed by atoms with Crippen LogP contribution in [0.3, 0.4) is 0 Å². The Morgan fingerprint density at radius 2 is 1.56 bits per heavy atom. The lowest BCUT2D eigenvalue weighted by molar-refractivity contribution is -0.140. The van der Waals surface area contributed by atoms with Gasteiger partial charge in [0, 0.05) is 24.0 Å². The largest absolute Gasteiger partial charge is 0.352 e. The average molecular weight is 596 g/mol. The van der Waals surface area contributed by atoms with Crippen LogP contribution in [-0.2, 0) is 39.0 Å². The summed E-state index contributed by atoms with van der Waals surface area (Å²) in [6, 6.07) is 23.0. The van der Waals surface area contributed by atoms with Gasteiger partial charge in [-0.2, -0.15) is 0 Å². The third kappa shape index (κ3) is 8.33. The molecular weight excluding hydrogens is 558 g/mol. The highest BCUT2D eigenvalue weighted by Crippen LogP contribution is 2.24. The molecule has 1 N–H and O–H groups in total. The zero-order valence-electron chi connectivity index (χ0n) is 23.6. The van der Waals surface area contributed by atoms with Gasteiger partial charge in [0.15, 0.2) is 0 Å². The first-order valence-electron chi connectivity index (χ1n) is 14.1. The number of nitrogens with one attached hydrogen (secondary N) is 1. The molecule has 3 aromatic carbocycles. The molecule has 3 aromatic rings. The van der Waals surface area contributed by atoms with Crippen molar-refractivity contribution in [2.24, 2.45) is 0 Å². The molecule has 1 aliphatic carbocycles. The summed E-state index contributed by atoms with van der Waals surface area (Å²) in [5.74, 6) is -0.739. The Morgan fingerprint density at radius 3 is 2.17 bits per heavy atom. The van der Waals surface area contributed by atoms with E-state index in [2.05, 4.69) is 5.32 Å². The van der Waals surface area contributed by atoms with Crippen molar-refractivity contribution in [1.29, 1.82) is 0 Å². The summed E-state index contributed by atoms with van der Waals surface area (Å²) < 4.78 is 27.0. The van der Waals surface area contributed by atoms with E-state index < -0.39 is 28.5 Å². The molecule has 9 heteroatoms. The lowest BCUT2D eigenvalue weighted by Gasteiger charge is -2.34. The van der Waals surface area contributed by atoms with Crippen molar-refractivity contribution in [3.8, 4) is 0 Å². The van der Waals surface area contributed by atoms with Crippen molar-refractivity contribution in [1.82, 2.24) is 10.2 Å². The fourth-order valence-corrected chi connectivity index (χ4v) is 6.29. The molecule has 0 aromatic heterocycles. The number of aryl methyl sites for hydroxylation is 1. The Kier molecular flexibility index (Phi) is 10.5. The number of benzene rings is 3. The van der Waals surface area contributed by atoms with Crippen LogP contribution in [0.1, 0.15) is 49.3 Å². The van der Waals surface area contributed by atoms with Gasteiger partial charge in [0.25, 0.3) is 0 Å². The second kappa shape index (κ2) is 14.0. The number of hydrogen-bond acceptors (Lipinski definition) is 4. The Labute approximate surface area is 248 Å². The molecule has 218 valence electrons. The Hall–Kier alpha value is -3.36. The van der Waals surface area contributed by atoms with Gasteiger partial charge < -0.3 is 10.2 Å². The molecule has 1 fully saturated rings. The van der Waals surface area contributed by atoms with Gasteiger partial charge in [-0.15, -0.1) is 0 Å². The maximum atomic E-state index is 14.2. The third-order valence-electron chi connectivity index (χ3n) is 7.58. The molecule has 2 amide bonds. The van der Waals surface area contributed by atoms with Crippen LogP contribution in [0, 0.1) is 0 Å². The van der Waals surface area contributed by atoms with Crippen molar-refractivity contribution < 1.29 is 18.0 Å². The molecule has 1 atom stereocenters. The molecule has 0 radical (unpaired) electrons. The van der Waals surface area contributed by atoms with Crippen LogP contribution >= 0.6 is 11.6 Å². The molecule has 1 saturated carbocycles. The number of hydrogen-bond donors (Lipinski definition) is 1. The Morgan fingerprint density at radius 1 is 0.927 bits per heavy atom. The van der Waals surface area contributed by atoms with Crippen molar-refractivity contribution in [3.05, 3.63) is 101 Å². The van der Waals surface area contributed by atoms with Crippen LogP contribution in [0.5, 0.6) is 0 Å². The zero-order valence-corrected chi connectivity index (χ0v) is 25.2. The molecule has 0 spiro atoms. The van der Waals surface area contributed by atoms with E-state index in [0.717, 1.165) is 53.8 Å². The summed E-state index contributed by atoms with van der Waals surface area (Å²) in [5.41, 5.74) is 3.02. The minimum absolute atomic E-state index is 0.0560. The number of nitrogens with zero attached hydrogens (tertiary/aromatic N) is 2. The molecule has 0 aliphatic heterocycles. The first kappa shape index (κ1) is 30.6. The molecule has 0 unspecified atom stereocenters. The summed E-state index contributed by atoms with van der Waals surface area (Å²) >= 11 is 6.51. The number of carbonyl (C=O) groups is 2. The summed E-state index contributed by atoms with van der Waals surface area (Å²) in [6.45, 7) is 1.63. The van der Waals surface area contributed by atoms with Crippen molar-refractivity contribution in [2.45, 2.75) is 64.1 Å². The lowest BCUT2D eigenvalue weighted by atomic mass is 10.0. The van der Waals surface area contributed by atoms with Crippen LogP contribution in [0.4, 0.5) is 5.69 Å². The van der Waals surface area contributed by atoms with Crippen LogP contribution < -0.4 is 9.62 Å². The van der Waals surface area contributed by atoms with Crippen LogP contribution in [0.15, 0.2) is 78.9 Å². The molecule has 0 heterocycles. The molecule has 4 rings (SSSR count). The quantitative estimate of drug-likeness (QED) is 0.305. The van der Waals surface area contributed by atoms with Crippen molar-refractivity contribution >= 4 is 39.1 Å².